The highest BCUT2D eigenvalue weighted by Gasteiger charge is 2.17. The van der Waals surface area contributed by atoms with Crippen molar-refractivity contribution in [1.29, 1.82) is 0 Å². The van der Waals surface area contributed by atoms with Crippen LogP contribution >= 0.6 is 11.6 Å². The molecule has 0 aliphatic carbocycles. The van der Waals surface area contributed by atoms with Crippen LogP contribution in [-0.4, -0.2) is 18.3 Å². The van der Waals surface area contributed by atoms with Crippen LogP contribution in [0.25, 0.3) is 0 Å². The molecule has 1 aliphatic heterocycles. The van der Waals surface area contributed by atoms with Gasteiger partial charge in [0.1, 0.15) is 0 Å². The van der Waals surface area contributed by atoms with Crippen LogP contribution in [0.4, 0.5) is 0 Å². The Labute approximate surface area is 73.3 Å². The van der Waals surface area contributed by atoms with E-state index in [0.717, 1.165) is 25.9 Å². The normalized spacial score (nSPS) is 23.4. The van der Waals surface area contributed by atoms with Crippen LogP contribution in [0.3, 0.4) is 0 Å². The molecule has 0 radical (unpaired) electrons. The Morgan fingerprint density at radius 2 is 2.18 bits per heavy atom. The lowest BCUT2D eigenvalue weighted by Gasteiger charge is -2.18. The van der Waals surface area contributed by atoms with Gasteiger partial charge in [0, 0.05) is 12.5 Å². The van der Waals surface area contributed by atoms with Gasteiger partial charge in [-0.15, -0.1) is 0 Å². The number of halogens is 1. The summed E-state index contributed by atoms with van der Waals surface area (Å²) in [7, 11) is 0. The van der Waals surface area contributed by atoms with E-state index in [1.54, 1.807) is 0 Å². The number of carbonyl (C=O) groups is 1. The Balaban J connectivity index is 0.000000461. The molecular formula is C8H16ClNO. The van der Waals surface area contributed by atoms with E-state index in [1.807, 2.05) is 13.8 Å². The summed E-state index contributed by atoms with van der Waals surface area (Å²) in [5.41, 5.74) is 0. The second kappa shape index (κ2) is 6.62. The third-order valence-corrected chi connectivity index (χ3v) is 1.93. The maximum Gasteiger partial charge on any atom is 0.225 e. The summed E-state index contributed by atoms with van der Waals surface area (Å²) in [6.07, 6.45) is 2.03. The molecule has 0 aromatic carbocycles. The van der Waals surface area contributed by atoms with Crippen LogP contribution in [0, 0.1) is 5.92 Å². The largest absolute Gasteiger partial charge is 0.316 e. The first-order valence-corrected chi connectivity index (χ1v) is 4.58. The predicted molar refractivity (Wildman–Crippen MR) is 47.8 cm³/mol. The average Bonchev–Trinajstić information content (AvgIpc) is 2.10. The van der Waals surface area contributed by atoms with Gasteiger partial charge in [0.25, 0.3) is 0 Å². The smallest absolute Gasteiger partial charge is 0.225 e. The van der Waals surface area contributed by atoms with Crippen molar-refractivity contribution in [3.63, 3.8) is 0 Å². The van der Waals surface area contributed by atoms with Crippen molar-refractivity contribution in [2.75, 3.05) is 13.1 Å². The zero-order chi connectivity index (χ0) is 8.69. The lowest BCUT2D eigenvalue weighted by molar-refractivity contribution is -0.115. The molecule has 0 saturated carbocycles. The second-order valence-corrected chi connectivity index (χ2v) is 2.72. The van der Waals surface area contributed by atoms with Crippen molar-refractivity contribution >= 4 is 16.8 Å². The molecule has 66 valence electrons. The summed E-state index contributed by atoms with van der Waals surface area (Å²) in [4.78, 5) is 10.5. The van der Waals surface area contributed by atoms with Crippen molar-refractivity contribution in [2.24, 2.45) is 5.92 Å². The number of hydrogen-bond acceptors (Lipinski definition) is 2. The van der Waals surface area contributed by atoms with Crippen molar-refractivity contribution in [3.05, 3.63) is 0 Å². The molecule has 1 N–H and O–H groups in total. The van der Waals surface area contributed by atoms with E-state index in [1.165, 1.54) is 0 Å². The van der Waals surface area contributed by atoms with Crippen LogP contribution in [-0.2, 0) is 4.79 Å². The van der Waals surface area contributed by atoms with Gasteiger partial charge in [-0.3, -0.25) is 4.79 Å². The monoisotopic (exact) mass is 177 g/mol. The van der Waals surface area contributed by atoms with Crippen molar-refractivity contribution in [3.8, 4) is 0 Å². The Bertz CT molecular complexity index is 111. The van der Waals surface area contributed by atoms with Crippen LogP contribution in [0.15, 0.2) is 0 Å². The van der Waals surface area contributed by atoms with E-state index >= 15 is 0 Å². The van der Waals surface area contributed by atoms with Gasteiger partial charge in [0.05, 0.1) is 0 Å². The number of carbonyl (C=O) groups excluding carboxylic acids is 1. The molecule has 1 heterocycles. The van der Waals surface area contributed by atoms with Gasteiger partial charge >= 0.3 is 0 Å². The molecule has 0 aromatic heterocycles. The molecular weight excluding hydrogens is 162 g/mol. The molecule has 1 saturated heterocycles. The average molecular weight is 178 g/mol. The van der Waals surface area contributed by atoms with Gasteiger partial charge in [-0.05, 0) is 31.0 Å². The molecule has 0 bridgehead atoms. The molecule has 0 amide bonds. The minimum atomic E-state index is -0.192. The Morgan fingerprint density at radius 1 is 1.55 bits per heavy atom. The van der Waals surface area contributed by atoms with Crippen molar-refractivity contribution < 1.29 is 4.79 Å². The predicted octanol–water partition coefficient (Wildman–Crippen LogP) is 1.78. The first-order valence-electron chi connectivity index (χ1n) is 4.21. The molecule has 1 rings (SSSR count). The summed E-state index contributed by atoms with van der Waals surface area (Å²) < 4.78 is 0. The van der Waals surface area contributed by atoms with E-state index in [2.05, 4.69) is 5.32 Å². The molecule has 1 unspecified atom stereocenters. The molecule has 1 aliphatic rings. The van der Waals surface area contributed by atoms with Crippen LogP contribution in [0.2, 0.25) is 0 Å². The van der Waals surface area contributed by atoms with Crippen molar-refractivity contribution in [1.82, 2.24) is 5.32 Å². The van der Waals surface area contributed by atoms with Gasteiger partial charge in [-0.25, -0.2) is 0 Å². The van der Waals surface area contributed by atoms with E-state index < -0.39 is 0 Å². The lowest BCUT2D eigenvalue weighted by Crippen LogP contribution is -2.32. The van der Waals surface area contributed by atoms with E-state index in [-0.39, 0.29) is 11.2 Å². The fourth-order valence-corrected chi connectivity index (χ4v) is 1.23. The molecule has 0 spiro atoms. The zero-order valence-corrected chi connectivity index (χ0v) is 7.95. The fraction of sp³-hybridized carbons (Fsp3) is 0.875. The maximum atomic E-state index is 10.5. The molecule has 1 fully saturated rings. The number of rotatable bonds is 1. The van der Waals surface area contributed by atoms with Gasteiger partial charge in [0.15, 0.2) is 0 Å². The highest BCUT2D eigenvalue weighted by Crippen LogP contribution is 2.12. The Kier molecular flexibility index (Phi) is 6.57. The SMILES string of the molecule is CC.O=C(Cl)C1CCCNC1. The number of nitrogens with one attached hydrogen (secondary N) is 1. The van der Waals surface area contributed by atoms with Crippen LogP contribution in [0.1, 0.15) is 26.7 Å². The standard InChI is InChI=1S/C6H10ClNO.C2H6/c7-6(9)5-2-1-3-8-4-5;1-2/h5,8H,1-4H2;1-2H3. The summed E-state index contributed by atoms with van der Waals surface area (Å²) in [5.74, 6) is 0.0698. The molecule has 3 heteroatoms. The number of piperidine rings is 1. The molecule has 0 aromatic rings. The van der Waals surface area contributed by atoms with Gasteiger partial charge < -0.3 is 5.32 Å². The first kappa shape index (κ1) is 10.9. The third-order valence-electron chi connectivity index (χ3n) is 1.62. The zero-order valence-electron chi connectivity index (χ0n) is 7.19. The van der Waals surface area contributed by atoms with Crippen molar-refractivity contribution in [2.45, 2.75) is 26.7 Å². The van der Waals surface area contributed by atoms with Crippen LogP contribution in [0.5, 0.6) is 0 Å². The summed E-state index contributed by atoms with van der Waals surface area (Å²) in [6, 6.07) is 0. The van der Waals surface area contributed by atoms with Crippen LogP contribution < -0.4 is 5.32 Å². The minimum absolute atomic E-state index is 0.0698. The molecule has 1 atom stereocenters. The fourth-order valence-electron chi connectivity index (χ4n) is 1.05. The quantitative estimate of drug-likeness (QED) is 0.619. The molecule has 11 heavy (non-hydrogen) atoms. The lowest BCUT2D eigenvalue weighted by atomic mass is 10.0. The highest BCUT2D eigenvalue weighted by molar-refractivity contribution is 6.64. The van der Waals surface area contributed by atoms with Gasteiger partial charge in [-0.2, -0.15) is 0 Å². The topological polar surface area (TPSA) is 29.1 Å². The van der Waals surface area contributed by atoms with E-state index in [0.29, 0.717) is 0 Å². The van der Waals surface area contributed by atoms with E-state index in [9.17, 15) is 4.79 Å². The summed E-state index contributed by atoms with van der Waals surface area (Å²) in [6.45, 7) is 5.79. The Morgan fingerprint density at radius 3 is 2.45 bits per heavy atom. The van der Waals surface area contributed by atoms with Gasteiger partial charge in [-0.1, -0.05) is 13.8 Å². The Hall–Kier alpha value is -0.0800. The van der Waals surface area contributed by atoms with Gasteiger partial charge in [0.2, 0.25) is 5.24 Å². The minimum Gasteiger partial charge on any atom is -0.316 e. The van der Waals surface area contributed by atoms with E-state index in [4.69, 9.17) is 11.6 Å². The third kappa shape index (κ3) is 4.38. The first-order chi connectivity index (χ1) is 5.30. The maximum absolute atomic E-state index is 10.5. The summed E-state index contributed by atoms with van der Waals surface area (Å²) in [5, 5.41) is 2.92. The number of hydrogen-bond donors (Lipinski definition) is 1. The second-order valence-electron chi connectivity index (χ2n) is 2.35. The highest BCUT2D eigenvalue weighted by atomic mass is 35.5. The molecule has 2 nitrogen and oxygen atoms in total. The summed E-state index contributed by atoms with van der Waals surface area (Å²) >= 11 is 5.28.